The van der Waals surface area contributed by atoms with Crippen LogP contribution in [0.25, 0.3) is 0 Å². The van der Waals surface area contributed by atoms with Crippen molar-refractivity contribution in [2.24, 2.45) is 0 Å². The van der Waals surface area contributed by atoms with E-state index < -0.39 is 0 Å². The highest BCUT2D eigenvalue weighted by Gasteiger charge is 2.10. The quantitative estimate of drug-likeness (QED) is 0.167. The summed E-state index contributed by atoms with van der Waals surface area (Å²) in [5, 5.41) is 0. The summed E-state index contributed by atoms with van der Waals surface area (Å²) >= 11 is 0. The van der Waals surface area contributed by atoms with Gasteiger partial charge in [-0.25, -0.2) is 0 Å². The number of benzene rings is 2. The predicted molar refractivity (Wildman–Crippen MR) is 192 cm³/mol. The number of hydrogen-bond donors (Lipinski definition) is 0. The van der Waals surface area contributed by atoms with Crippen molar-refractivity contribution >= 4 is 0 Å². The monoisotopic (exact) mass is 630 g/mol. The van der Waals surface area contributed by atoms with Crippen LogP contribution in [0.2, 0.25) is 0 Å². The highest BCUT2D eigenvalue weighted by atomic mass is 16.5. The minimum absolute atomic E-state index is 0.297. The lowest BCUT2D eigenvalue weighted by Crippen LogP contribution is -2.35. The molecule has 6 nitrogen and oxygen atoms in total. The number of rotatable bonds is 13. The van der Waals surface area contributed by atoms with Crippen molar-refractivity contribution in [3.63, 3.8) is 0 Å². The van der Waals surface area contributed by atoms with Crippen molar-refractivity contribution in [3.05, 3.63) is 145 Å². The van der Waals surface area contributed by atoms with E-state index in [4.69, 9.17) is 9.47 Å². The molecule has 0 unspecified atom stereocenters. The topological polar surface area (TPSA) is 50.7 Å². The van der Waals surface area contributed by atoms with Crippen LogP contribution in [0.15, 0.2) is 134 Å². The van der Waals surface area contributed by atoms with Crippen LogP contribution in [-0.4, -0.2) is 59.2 Å². The molecule has 238 valence electrons. The lowest BCUT2D eigenvalue weighted by atomic mass is 10.2. The molecule has 0 saturated carbocycles. The fourth-order valence-electron chi connectivity index (χ4n) is 4.30. The maximum absolute atomic E-state index is 5.53. The molecule has 2 aromatic carbocycles. The fraction of sp³-hybridized carbons (Fsp3) is 0.190. The van der Waals surface area contributed by atoms with Gasteiger partial charge in [0.1, 0.15) is 24.7 Å². The number of nitrogens with zero attached hydrogens (tertiary/aromatic N) is 4. The molecule has 0 spiro atoms. The molecule has 0 aliphatic heterocycles. The first kappa shape index (κ1) is 34.8. The second-order valence-corrected chi connectivity index (χ2v) is 10.3. The summed E-state index contributed by atoms with van der Waals surface area (Å²) in [5.41, 5.74) is 2.50. The molecule has 0 aliphatic carbocycles. The largest absolute Gasteiger partial charge is 0.479 e. The molecule has 0 atom stereocenters. The third-order valence-corrected chi connectivity index (χ3v) is 6.63. The van der Waals surface area contributed by atoms with Crippen LogP contribution in [0, 0.1) is 47.4 Å². The molecule has 0 radical (unpaired) electrons. The molecule has 0 fully saturated rings. The Labute approximate surface area is 285 Å². The summed E-state index contributed by atoms with van der Waals surface area (Å²) in [6, 6.07) is 28.3. The Morgan fingerprint density at radius 1 is 0.500 bits per heavy atom. The van der Waals surface area contributed by atoms with E-state index in [0.29, 0.717) is 37.8 Å². The van der Waals surface area contributed by atoms with Gasteiger partial charge in [-0.1, -0.05) is 108 Å². The average molecular weight is 631 g/mol. The van der Waals surface area contributed by atoms with Crippen LogP contribution >= 0.6 is 0 Å². The zero-order chi connectivity index (χ0) is 33.2. The summed E-state index contributed by atoms with van der Waals surface area (Å²) in [4.78, 5) is 12.8. The van der Waals surface area contributed by atoms with E-state index in [1.807, 2.05) is 36.4 Å². The molecule has 6 heteroatoms. The van der Waals surface area contributed by atoms with E-state index in [0.717, 1.165) is 26.2 Å². The number of aromatic nitrogens is 2. The van der Waals surface area contributed by atoms with Gasteiger partial charge in [0, 0.05) is 38.6 Å². The van der Waals surface area contributed by atoms with Crippen LogP contribution in [0.5, 0.6) is 11.5 Å². The van der Waals surface area contributed by atoms with Gasteiger partial charge in [-0.2, -0.15) is 0 Å². The summed E-state index contributed by atoms with van der Waals surface area (Å²) in [6.45, 7) is 5.15. The molecule has 4 rings (SSSR count). The summed E-state index contributed by atoms with van der Waals surface area (Å²) < 4.78 is 11.1. The first-order chi connectivity index (χ1) is 23.8. The van der Waals surface area contributed by atoms with Crippen molar-refractivity contribution in [2.75, 3.05) is 39.4 Å². The Kier molecular flexibility index (Phi) is 16.3. The van der Waals surface area contributed by atoms with Gasteiger partial charge in [-0.05, 0) is 59.7 Å². The maximum atomic E-state index is 5.53. The zero-order valence-corrected chi connectivity index (χ0v) is 27.0. The number of hydrogen-bond acceptors (Lipinski definition) is 6. The first-order valence-electron chi connectivity index (χ1n) is 15.7. The molecule has 4 aromatic rings. The van der Waals surface area contributed by atoms with Crippen molar-refractivity contribution in [3.8, 4) is 58.9 Å². The molecule has 2 aromatic heterocycles. The van der Waals surface area contributed by atoms with Gasteiger partial charge in [-0.3, -0.25) is 19.8 Å². The summed E-state index contributed by atoms with van der Waals surface area (Å²) in [7, 11) is 0. The van der Waals surface area contributed by atoms with Gasteiger partial charge < -0.3 is 9.47 Å². The molecule has 0 saturated heterocycles. The predicted octanol–water partition coefficient (Wildman–Crippen LogP) is 6.06. The third-order valence-electron chi connectivity index (χ3n) is 6.63. The van der Waals surface area contributed by atoms with Gasteiger partial charge in [0.05, 0.1) is 25.5 Å². The molecule has 0 aliphatic rings. The maximum Gasteiger partial charge on any atom is 0.149 e. The molecule has 0 N–H and O–H groups in total. The van der Waals surface area contributed by atoms with Crippen molar-refractivity contribution in [1.29, 1.82) is 0 Å². The number of pyridine rings is 2. The molecule has 48 heavy (non-hydrogen) atoms. The van der Waals surface area contributed by atoms with Crippen LogP contribution < -0.4 is 9.47 Å². The Morgan fingerprint density at radius 3 is 1.31 bits per heavy atom. The van der Waals surface area contributed by atoms with E-state index in [1.54, 1.807) is 49.1 Å². The van der Waals surface area contributed by atoms with E-state index in [1.165, 1.54) is 11.1 Å². The molecule has 0 bridgehead atoms. The first-order valence-corrected chi connectivity index (χ1v) is 15.7. The summed E-state index contributed by atoms with van der Waals surface area (Å²) in [6.07, 6.45) is 13.8. The smallest absolute Gasteiger partial charge is 0.149 e. The lowest BCUT2D eigenvalue weighted by Gasteiger charge is -2.25. The zero-order valence-electron chi connectivity index (χ0n) is 27.0. The highest BCUT2D eigenvalue weighted by molar-refractivity contribution is 5.27. The van der Waals surface area contributed by atoms with E-state index in [9.17, 15) is 0 Å². The minimum Gasteiger partial charge on any atom is -0.479 e. The molecule has 0 amide bonds. The lowest BCUT2D eigenvalue weighted by molar-refractivity contribution is 0.221. The Bertz CT molecular complexity index is 1660. The SMILES string of the molecule is C(#CCOc1cccnc1)/C=C/C#CCN(CCN(CC#C/C=C/C#CCOc1cccnc1)Cc1ccccc1)Cc1ccccc1. The Morgan fingerprint density at radius 2 is 0.917 bits per heavy atom. The normalized spacial score (nSPS) is 10.3. The van der Waals surface area contributed by atoms with Crippen LogP contribution in [-0.2, 0) is 13.1 Å². The van der Waals surface area contributed by atoms with Gasteiger partial charge in [-0.15, -0.1) is 0 Å². The van der Waals surface area contributed by atoms with Crippen molar-refractivity contribution < 1.29 is 9.47 Å². The van der Waals surface area contributed by atoms with Crippen LogP contribution in [0.3, 0.4) is 0 Å². The van der Waals surface area contributed by atoms with Gasteiger partial charge in [0.25, 0.3) is 0 Å². The third kappa shape index (κ3) is 15.3. The molecular weight excluding hydrogens is 592 g/mol. The second-order valence-electron chi connectivity index (χ2n) is 10.3. The van der Waals surface area contributed by atoms with Crippen molar-refractivity contribution in [2.45, 2.75) is 13.1 Å². The van der Waals surface area contributed by atoms with E-state index in [2.05, 4.69) is 116 Å². The van der Waals surface area contributed by atoms with E-state index in [-0.39, 0.29) is 0 Å². The summed E-state index contributed by atoms with van der Waals surface area (Å²) in [5.74, 6) is 26.1. The van der Waals surface area contributed by atoms with Crippen LogP contribution in [0.1, 0.15) is 11.1 Å². The van der Waals surface area contributed by atoms with Crippen LogP contribution in [0.4, 0.5) is 0 Å². The minimum atomic E-state index is 0.297. The standard InChI is InChI=1S/C42H38N4O2/c1(3-7-17-33-47-41-25-19-27-43-35-41)5-15-29-45(37-39-21-11-9-12-22-39)31-32-46(38-40-23-13-10-14-24-40)30-16-6-2-4-8-18-34-48-42-26-20-28-44-36-42/h1-4,9-14,19-28,35-36H,29-34,37-38H2/b3-1+,4-2+. The number of allylic oxidation sites excluding steroid dienone is 4. The Hall–Kier alpha value is -6.02. The molecule has 2 heterocycles. The van der Waals surface area contributed by atoms with Crippen molar-refractivity contribution in [1.82, 2.24) is 19.8 Å². The highest BCUT2D eigenvalue weighted by Crippen LogP contribution is 2.08. The van der Waals surface area contributed by atoms with Gasteiger partial charge in [0.15, 0.2) is 0 Å². The second kappa shape index (κ2) is 22.5. The Balaban J connectivity index is 1.30. The molecular formula is C42H38N4O2. The fourth-order valence-corrected chi connectivity index (χ4v) is 4.30. The number of ether oxygens (including phenoxy) is 2. The van der Waals surface area contributed by atoms with Gasteiger partial charge >= 0.3 is 0 Å². The van der Waals surface area contributed by atoms with E-state index >= 15 is 0 Å². The van der Waals surface area contributed by atoms with Gasteiger partial charge in [0.2, 0.25) is 0 Å². The average Bonchev–Trinajstić information content (AvgIpc) is 3.13.